The Hall–Kier alpha value is -2.80. The minimum Gasteiger partial charge on any atom is -0.381 e. The summed E-state index contributed by atoms with van der Waals surface area (Å²) < 4.78 is 5.47. The Bertz CT molecular complexity index is 908. The van der Waals surface area contributed by atoms with Gasteiger partial charge in [-0.2, -0.15) is 0 Å². The molecule has 1 saturated heterocycles. The maximum absolute atomic E-state index is 12.3. The Morgan fingerprint density at radius 3 is 2.81 bits per heavy atom. The molecular formula is C20H23N5O2. The van der Waals surface area contributed by atoms with Crippen LogP contribution in [0.15, 0.2) is 41.3 Å². The third-order valence-electron chi connectivity index (χ3n) is 5.06. The van der Waals surface area contributed by atoms with Crippen molar-refractivity contribution in [2.75, 3.05) is 7.11 Å². The zero-order chi connectivity index (χ0) is 18.6. The van der Waals surface area contributed by atoms with Crippen LogP contribution in [0.1, 0.15) is 37.7 Å². The second-order valence-corrected chi connectivity index (χ2v) is 6.94. The third kappa shape index (κ3) is 4.14. The quantitative estimate of drug-likeness (QED) is 0.644. The van der Waals surface area contributed by atoms with E-state index in [-0.39, 0.29) is 11.9 Å². The van der Waals surface area contributed by atoms with Gasteiger partial charge in [-0.1, -0.05) is 6.07 Å². The molecule has 0 radical (unpaired) electrons. The number of nitrogens with one attached hydrogen (secondary N) is 2. The van der Waals surface area contributed by atoms with Crippen molar-refractivity contribution in [3.05, 3.63) is 41.9 Å². The van der Waals surface area contributed by atoms with Gasteiger partial charge in [-0.25, -0.2) is 4.99 Å². The van der Waals surface area contributed by atoms with Crippen molar-refractivity contribution in [2.24, 2.45) is 4.99 Å². The minimum atomic E-state index is -0.170. The van der Waals surface area contributed by atoms with Gasteiger partial charge in [-0.05, 0) is 55.9 Å². The van der Waals surface area contributed by atoms with E-state index in [1.165, 1.54) is 0 Å². The molecule has 27 heavy (non-hydrogen) atoms. The molecule has 7 nitrogen and oxygen atoms in total. The second kappa shape index (κ2) is 7.84. The molecule has 1 aromatic carbocycles. The number of methoxy groups -OCH3 is 1. The Balaban J connectivity index is 1.48. The van der Waals surface area contributed by atoms with Crippen molar-refractivity contribution in [2.45, 2.75) is 44.2 Å². The first-order chi connectivity index (χ1) is 13.2. The van der Waals surface area contributed by atoms with Gasteiger partial charge in [-0.15, -0.1) is 0 Å². The van der Waals surface area contributed by atoms with Gasteiger partial charge in [0.25, 0.3) is 5.91 Å². The first-order valence-corrected chi connectivity index (χ1v) is 9.33. The Labute approximate surface area is 158 Å². The predicted octanol–water partition coefficient (Wildman–Crippen LogP) is 2.39. The fourth-order valence-electron chi connectivity index (χ4n) is 3.59. The van der Waals surface area contributed by atoms with Crippen LogP contribution in [0.3, 0.4) is 0 Å². The van der Waals surface area contributed by atoms with E-state index in [0.29, 0.717) is 17.8 Å². The first kappa shape index (κ1) is 17.6. The Morgan fingerprint density at radius 1 is 1.11 bits per heavy atom. The summed E-state index contributed by atoms with van der Waals surface area (Å²) >= 11 is 0. The lowest BCUT2D eigenvalue weighted by Gasteiger charge is -2.11. The van der Waals surface area contributed by atoms with Crippen LogP contribution in [-0.2, 0) is 9.53 Å². The van der Waals surface area contributed by atoms with E-state index in [1.807, 2.05) is 18.2 Å². The summed E-state index contributed by atoms with van der Waals surface area (Å²) in [6.45, 7) is 0. The fraction of sp³-hybridized carbons (Fsp3) is 0.400. The molecule has 2 N–H and O–H groups in total. The average molecular weight is 365 g/mol. The van der Waals surface area contributed by atoms with Crippen LogP contribution in [0.4, 0.5) is 0 Å². The number of rotatable bonds is 3. The van der Waals surface area contributed by atoms with E-state index in [2.05, 4.69) is 20.6 Å². The third-order valence-corrected chi connectivity index (χ3v) is 5.06. The summed E-state index contributed by atoms with van der Waals surface area (Å²) in [4.78, 5) is 25.6. The summed E-state index contributed by atoms with van der Waals surface area (Å²) in [5.41, 5.74) is 3.00. The number of hydrogen-bond acceptors (Lipinski definition) is 5. The van der Waals surface area contributed by atoms with Gasteiger partial charge in [0, 0.05) is 19.5 Å². The molecule has 2 atom stereocenters. The van der Waals surface area contributed by atoms with Crippen LogP contribution in [0.5, 0.6) is 0 Å². The lowest BCUT2D eigenvalue weighted by molar-refractivity contribution is -0.115. The van der Waals surface area contributed by atoms with Crippen molar-refractivity contribution in [1.82, 2.24) is 20.6 Å². The lowest BCUT2D eigenvalue weighted by Crippen LogP contribution is -2.27. The molecule has 1 aliphatic carbocycles. The number of guanidine groups is 1. The fourth-order valence-corrected chi connectivity index (χ4v) is 3.59. The van der Waals surface area contributed by atoms with Crippen LogP contribution in [0.25, 0.3) is 17.1 Å². The highest BCUT2D eigenvalue weighted by Gasteiger charge is 2.24. The number of nitrogens with zero attached hydrogens (tertiary/aromatic N) is 3. The molecule has 2 aliphatic rings. The summed E-state index contributed by atoms with van der Waals surface area (Å²) in [5.74, 6) is 0.365. The van der Waals surface area contributed by atoms with Gasteiger partial charge < -0.3 is 10.1 Å². The van der Waals surface area contributed by atoms with Gasteiger partial charge in [0.2, 0.25) is 5.96 Å². The largest absolute Gasteiger partial charge is 0.381 e. The molecule has 7 heteroatoms. The molecule has 1 saturated carbocycles. The van der Waals surface area contributed by atoms with Gasteiger partial charge in [0.1, 0.15) is 5.70 Å². The maximum atomic E-state index is 12.3. The zero-order valence-electron chi connectivity index (χ0n) is 15.3. The number of carbonyl (C=O) groups excluding carboxylic acids is 1. The summed E-state index contributed by atoms with van der Waals surface area (Å²) in [7, 11) is 1.77. The van der Waals surface area contributed by atoms with E-state index in [1.54, 1.807) is 25.6 Å². The van der Waals surface area contributed by atoms with Crippen molar-refractivity contribution in [1.29, 1.82) is 0 Å². The maximum Gasteiger partial charge on any atom is 0.274 e. The molecule has 2 heterocycles. The van der Waals surface area contributed by atoms with Crippen LogP contribution in [0.2, 0.25) is 0 Å². The highest BCUT2D eigenvalue weighted by Crippen LogP contribution is 2.22. The van der Waals surface area contributed by atoms with Crippen molar-refractivity contribution in [3.63, 3.8) is 0 Å². The smallest absolute Gasteiger partial charge is 0.274 e. The number of carbonyl (C=O) groups is 1. The number of fused-ring (bicyclic) bond motifs is 1. The standard InChI is InChI=1S/C20H23N5O2/c1-27-15-4-2-3-14(6-7-15)23-20-24-18(19(26)25-20)12-13-5-8-16-17(11-13)22-10-9-21-16/h5,8-12,14-15H,2-4,6-7H2,1H3,(H2,23,24,25,26)/b18-12-/t14-,15-/m0/s1. The van der Waals surface area contributed by atoms with Crippen molar-refractivity contribution in [3.8, 4) is 0 Å². The highest BCUT2D eigenvalue weighted by atomic mass is 16.5. The van der Waals surface area contributed by atoms with Crippen LogP contribution >= 0.6 is 0 Å². The number of benzene rings is 1. The molecule has 0 unspecified atom stereocenters. The van der Waals surface area contributed by atoms with Crippen LogP contribution in [0, 0.1) is 0 Å². The molecule has 2 fully saturated rings. The molecule has 0 bridgehead atoms. The van der Waals surface area contributed by atoms with E-state index in [0.717, 1.165) is 48.7 Å². The number of aromatic nitrogens is 2. The van der Waals surface area contributed by atoms with E-state index in [4.69, 9.17) is 9.73 Å². The number of ether oxygens (including phenoxy) is 1. The molecule has 1 aromatic heterocycles. The predicted molar refractivity (Wildman–Crippen MR) is 104 cm³/mol. The summed E-state index contributed by atoms with van der Waals surface area (Å²) in [6, 6.07) is 5.94. The molecule has 1 aliphatic heterocycles. The number of amides is 1. The SMILES string of the molecule is CO[C@H]1CCC[C@H](N=C2NC(=O)/C(=C/c3ccc4nccnc4c3)N2)CC1. The molecule has 0 spiro atoms. The summed E-state index contributed by atoms with van der Waals surface area (Å²) in [6.07, 6.45) is 10.6. The molecular weight excluding hydrogens is 342 g/mol. The van der Waals surface area contributed by atoms with Crippen molar-refractivity contribution < 1.29 is 9.53 Å². The molecule has 140 valence electrons. The Morgan fingerprint density at radius 2 is 1.96 bits per heavy atom. The lowest BCUT2D eigenvalue weighted by atomic mass is 10.1. The van der Waals surface area contributed by atoms with Gasteiger partial charge in [-0.3, -0.25) is 20.1 Å². The van der Waals surface area contributed by atoms with E-state index < -0.39 is 0 Å². The molecule has 1 amide bonds. The topological polar surface area (TPSA) is 88.5 Å². The number of hydrogen-bond donors (Lipinski definition) is 2. The average Bonchev–Trinajstić information content (AvgIpc) is 2.88. The molecule has 2 aromatic rings. The van der Waals surface area contributed by atoms with E-state index in [9.17, 15) is 4.79 Å². The van der Waals surface area contributed by atoms with Crippen LogP contribution < -0.4 is 10.6 Å². The van der Waals surface area contributed by atoms with Gasteiger partial charge in [0.05, 0.1) is 23.2 Å². The van der Waals surface area contributed by atoms with Gasteiger partial charge in [0.15, 0.2) is 0 Å². The highest BCUT2D eigenvalue weighted by molar-refractivity contribution is 6.15. The van der Waals surface area contributed by atoms with E-state index >= 15 is 0 Å². The van der Waals surface area contributed by atoms with Crippen LogP contribution in [-0.4, -0.2) is 41.1 Å². The second-order valence-electron chi connectivity index (χ2n) is 6.94. The minimum absolute atomic E-state index is 0.170. The van der Waals surface area contributed by atoms with Gasteiger partial charge >= 0.3 is 0 Å². The first-order valence-electron chi connectivity index (χ1n) is 9.33. The zero-order valence-corrected chi connectivity index (χ0v) is 15.3. The Kier molecular flexibility index (Phi) is 5.11. The van der Waals surface area contributed by atoms with Crippen molar-refractivity contribution >= 4 is 29.0 Å². The summed E-state index contributed by atoms with van der Waals surface area (Å²) in [5, 5.41) is 5.94. The normalized spacial score (nSPS) is 26.2. The number of aliphatic imine (C=N–C) groups is 1. The molecule has 4 rings (SSSR count). The monoisotopic (exact) mass is 365 g/mol.